The Labute approximate surface area is 126 Å². The van der Waals surface area contributed by atoms with Crippen LogP contribution >= 0.6 is 0 Å². The predicted molar refractivity (Wildman–Crippen MR) is 93.5 cm³/mol. The van der Waals surface area contributed by atoms with Gasteiger partial charge in [0.2, 0.25) is 0 Å². The van der Waals surface area contributed by atoms with Crippen molar-refractivity contribution < 1.29 is 4.74 Å². The minimum absolute atomic E-state index is 0.123. The first-order valence-corrected chi connectivity index (χ1v) is 12.5. The van der Waals surface area contributed by atoms with Gasteiger partial charge in [0.1, 0.15) is 5.75 Å². The molecule has 0 aliphatic heterocycles. The van der Waals surface area contributed by atoms with Gasteiger partial charge in [-0.05, 0) is 28.4 Å². The third-order valence-electron chi connectivity index (χ3n) is 3.47. The maximum absolute atomic E-state index is 6.10. The number of hydrogen-bond donors (Lipinski definition) is 0. The highest BCUT2D eigenvalue weighted by atomic mass is 28.3. The fourth-order valence-electron chi connectivity index (χ4n) is 2.50. The van der Waals surface area contributed by atoms with E-state index in [0.29, 0.717) is 0 Å². The van der Waals surface area contributed by atoms with Crippen LogP contribution in [0, 0.1) is 0 Å². The summed E-state index contributed by atoms with van der Waals surface area (Å²) >= 11 is 0. The first-order chi connectivity index (χ1) is 9.59. The Morgan fingerprint density at radius 2 is 1.70 bits per heavy atom. The van der Waals surface area contributed by atoms with Crippen LogP contribution in [0.2, 0.25) is 32.2 Å². The second-order valence-electron chi connectivity index (χ2n) is 5.82. The number of hydrogen-bond acceptors (Lipinski definition) is 1. The van der Waals surface area contributed by atoms with Crippen LogP contribution in [-0.2, 0) is 0 Å². The lowest BCUT2D eigenvalue weighted by molar-refractivity contribution is 0.320. The van der Waals surface area contributed by atoms with Crippen LogP contribution in [0.15, 0.2) is 36.4 Å². The van der Waals surface area contributed by atoms with Crippen LogP contribution in [0.4, 0.5) is 0 Å². The van der Waals surface area contributed by atoms with E-state index in [9.17, 15) is 0 Å². The zero-order chi connectivity index (χ0) is 14.5. The number of ether oxygens (including phenoxy) is 1. The molecule has 2 radical (unpaired) electrons. The van der Waals surface area contributed by atoms with Gasteiger partial charge >= 0.3 is 0 Å². The van der Waals surface area contributed by atoms with Crippen LogP contribution in [0.25, 0.3) is 10.8 Å². The van der Waals surface area contributed by atoms with Crippen LogP contribution < -0.4 is 9.92 Å². The van der Waals surface area contributed by atoms with E-state index in [1.54, 1.807) is 0 Å². The summed E-state index contributed by atoms with van der Waals surface area (Å²) in [6.45, 7) is 10.3. The Kier molecular flexibility index (Phi) is 5.43. The Morgan fingerprint density at radius 1 is 0.950 bits per heavy atom. The maximum Gasteiger partial charge on any atom is 0.118 e. The molecule has 1 nitrogen and oxygen atoms in total. The van der Waals surface area contributed by atoms with Gasteiger partial charge in [0, 0.05) is 8.80 Å². The van der Waals surface area contributed by atoms with Crippen molar-refractivity contribution in [3.05, 3.63) is 36.4 Å². The summed E-state index contributed by atoms with van der Waals surface area (Å²) in [6.07, 6.45) is 1.18. The van der Waals surface area contributed by atoms with E-state index in [-0.39, 0.29) is 8.80 Å². The molecule has 0 unspecified atom stereocenters. The van der Waals surface area contributed by atoms with E-state index >= 15 is 0 Å². The van der Waals surface area contributed by atoms with E-state index < -0.39 is 8.80 Å². The highest BCUT2D eigenvalue weighted by Crippen LogP contribution is 2.20. The summed E-state index contributed by atoms with van der Waals surface area (Å²) in [5.74, 6) is 1.11. The third-order valence-corrected chi connectivity index (χ3v) is 6.34. The minimum atomic E-state index is -0.538. The van der Waals surface area contributed by atoms with Crippen LogP contribution in [-0.4, -0.2) is 24.2 Å². The lowest BCUT2D eigenvalue weighted by Crippen LogP contribution is -2.26. The van der Waals surface area contributed by atoms with Gasteiger partial charge in [-0.25, -0.2) is 0 Å². The quantitative estimate of drug-likeness (QED) is 0.570. The van der Waals surface area contributed by atoms with E-state index in [2.05, 4.69) is 62.6 Å². The van der Waals surface area contributed by atoms with Gasteiger partial charge in [-0.3, -0.25) is 0 Å². The highest BCUT2D eigenvalue weighted by Gasteiger charge is 2.13. The van der Waals surface area contributed by atoms with Crippen molar-refractivity contribution >= 4 is 33.6 Å². The molecule has 0 saturated heterocycles. The maximum atomic E-state index is 6.10. The molecule has 0 bridgehead atoms. The summed E-state index contributed by atoms with van der Waals surface area (Å²) in [5.41, 5.74) is 0. The zero-order valence-corrected chi connectivity index (χ0v) is 15.0. The molecule has 2 rings (SSSR count). The fourth-order valence-corrected chi connectivity index (χ4v) is 4.76. The Morgan fingerprint density at radius 3 is 2.40 bits per heavy atom. The summed E-state index contributed by atoms with van der Waals surface area (Å²) in [4.78, 5) is 0. The molecule has 0 atom stereocenters. The van der Waals surface area contributed by atoms with Gasteiger partial charge < -0.3 is 4.74 Å². The molecule has 106 valence electrons. The Hall–Kier alpha value is -1.07. The van der Waals surface area contributed by atoms with Crippen molar-refractivity contribution in [3.63, 3.8) is 0 Å². The number of fused-ring (bicyclic) bond motifs is 1. The highest BCUT2D eigenvalue weighted by molar-refractivity contribution is 6.74. The normalized spacial score (nSPS) is 11.5. The van der Waals surface area contributed by atoms with Gasteiger partial charge in [-0.15, -0.1) is 0 Å². The van der Waals surface area contributed by atoms with Gasteiger partial charge in [0.25, 0.3) is 0 Å². The lowest BCUT2D eigenvalue weighted by Gasteiger charge is -2.16. The Balaban J connectivity index is 2.22. The fraction of sp³-hybridized carbons (Fsp3) is 0.412. The van der Waals surface area contributed by atoms with Crippen molar-refractivity contribution in [1.29, 1.82) is 0 Å². The van der Waals surface area contributed by atoms with E-state index in [4.69, 9.17) is 4.74 Å². The first kappa shape index (κ1) is 15.3. The molecule has 0 saturated carbocycles. The molecule has 0 aliphatic carbocycles. The summed E-state index contributed by atoms with van der Waals surface area (Å²) in [7, 11) is -0.661. The largest absolute Gasteiger partial charge is 0.494 e. The summed E-state index contributed by atoms with van der Waals surface area (Å²) < 4.78 is 6.10. The Bertz CT molecular complexity index is 564. The average Bonchev–Trinajstić information content (AvgIpc) is 2.42. The average molecular weight is 301 g/mol. The molecule has 0 N–H and O–H groups in total. The molecular formula is C17H24OSi2. The standard InChI is InChI=1S/C17H24OSi2/c1-19(2)13-7-12-18-16-11-10-14-8-5-6-9-15(14)17(16)20(3)4/h5-6,8-11H,7,12-13H2,1-4H3. The van der Waals surface area contributed by atoms with Gasteiger partial charge in [0.05, 0.1) is 15.4 Å². The molecular weight excluding hydrogens is 276 g/mol. The van der Waals surface area contributed by atoms with Gasteiger partial charge in [0.15, 0.2) is 0 Å². The first-order valence-electron chi connectivity index (χ1n) is 7.33. The molecule has 0 heterocycles. The van der Waals surface area contributed by atoms with E-state index in [0.717, 1.165) is 12.4 Å². The van der Waals surface area contributed by atoms with Crippen molar-refractivity contribution in [3.8, 4) is 5.75 Å². The minimum Gasteiger partial charge on any atom is -0.494 e. The van der Waals surface area contributed by atoms with Crippen LogP contribution in [0.5, 0.6) is 5.75 Å². The van der Waals surface area contributed by atoms with Gasteiger partial charge in [-0.1, -0.05) is 62.6 Å². The molecule has 0 aromatic heterocycles. The second kappa shape index (κ2) is 7.09. The van der Waals surface area contributed by atoms with Crippen molar-refractivity contribution in [2.75, 3.05) is 6.61 Å². The van der Waals surface area contributed by atoms with E-state index in [1.807, 2.05) is 0 Å². The monoisotopic (exact) mass is 300 g/mol. The molecule has 2 aromatic carbocycles. The molecule has 0 fully saturated rings. The molecule has 0 amide bonds. The topological polar surface area (TPSA) is 9.23 Å². The number of rotatable bonds is 6. The van der Waals surface area contributed by atoms with Crippen molar-refractivity contribution in [1.82, 2.24) is 0 Å². The van der Waals surface area contributed by atoms with Crippen molar-refractivity contribution in [2.24, 2.45) is 0 Å². The SMILES string of the molecule is C[Si](C)CCCOc1ccc2ccccc2c1[Si](C)C. The molecule has 20 heavy (non-hydrogen) atoms. The van der Waals surface area contributed by atoms with Gasteiger partial charge in [-0.2, -0.15) is 0 Å². The zero-order valence-electron chi connectivity index (χ0n) is 13.0. The summed E-state index contributed by atoms with van der Waals surface area (Å²) in [5, 5.41) is 4.15. The second-order valence-corrected chi connectivity index (χ2v) is 11.2. The number of benzene rings is 2. The molecule has 3 heteroatoms. The lowest BCUT2D eigenvalue weighted by atomic mass is 10.1. The molecule has 2 aromatic rings. The third kappa shape index (κ3) is 3.73. The van der Waals surface area contributed by atoms with Crippen LogP contribution in [0.3, 0.4) is 0 Å². The molecule has 0 spiro atoms. The smallest absolute Gasteiger partial charge is 0.118 e. The summed E-state index contributed by atoms with van der Waals surface area (Å²) in [6, 6.07) is 14.3. The van der Waals surface area contributed by atoms with E-state index in [1.165, 1.54) is 28.4 Å². The predicted octanol–water partition coefficient (Wildman–Crippen LogP) is 4.32. The van der Waals surface area contributed by atoms with Crippen molar-refractivity contribution in [2.45, 2.75) is 38.7 Å². The molecule has 0 aliphatic rings. The van der Waals surface area contributed by atoms with Crippen LogP contribution in [0.1, 0.15) is 6.42 Å².